The second-order valence-corrected chi connectivity index (χ2v) is 2.92. The minimum Gasteiger partial charge on any atom is -0.469 e. The van der Waals surface area contributed by atoms with Crippen molar-refractivity contribution in [2.24, 2.45) is 0 Å². The highest BCUT2D eigenvalue weighted by Gasteiger charge is 2.07. The largest absolute Gasteiger partial charge is 0.469 e. The minimum absolute atomic E-state index is 0.119. The van der Waals surface area contributed by atoms with Crippen LogP contribution in [0.1, 0.15) is 12.0 Å². The Labute approximate surface area is 88.6 Å². The summed E-state index contributed by atoms with van der Waals surface area (Å²) in [6.07, 6.45) is 1.49. The molecule has 0 aliphatic carbocycles. The molecule has 0 aromatic heterocycles. The van der Waals surface area contributed by atoms with Gasteiger partial charge in [0.2, 0.25) is 0 Å². The number of benzene rings is 1. The van der Waals surface area contributed by atoms with Crippen molar-refractivity contribution in [2.75, 3.05) is 7.11 Å². The number of ether oxygens (including phenoxy) is 1. The third-order valence-electron chi connectivity index (χ3n) is 1.95. The van der Waals surface area contributed by atoms with Crippen LogP contribution in [-0.2, 0) is 9.53 Å². The van der Waals surface area contributed by atoms with Gasteiger partial charge in [-0.05, 0) is 11.1 Å². The number of carbonyl (C=O) groups excluding carboxylic acids is 1. The predicted octanol–water partition coefficient (Wildman–Crippen LogP) is 2.16. The maximum absolute atomic E-state index is 11.1. The fraction of sp³-hybridized carbons (Fsp3) is 0.167. The third-order valence-corrected chi connectivity index (χ3v) is 1.95. The molecule has 1 aromatic rings. The highest BCUT2D eigenvalue weighted by molar-refractivity contribution is 5.85. The van der Waals surface area contributed by atoms with E-state index in [9.17, 15) is 4.79 Å². The van der Waals surface area contributed by atoms with Gasteiger partial charge in [-0.15, -0.1) is 0 Å². The summed E-state index contributed by atoms with van der Waals surface area (Å²) in [6.45, 7) is 0. The maximum atomic E-state index is 11.1. The number of methoxy groups -OCH3 is 1. The monoisotopic (exact) mass is 201 g/mol. The fourth-order valence-corrected chi connectivity index (χ4v) is 1.19. The van der Waals surface area contributed by atoms with E-state index in [1.807, 2.05) is 36.4 Å². The first-order chi connectivity index (χ1) is 7.27. The molecule has 0 aliphatic heterocycles. The summed E-state index contributed by atoms with van der Waals surface area (Å²) in [6, 6.07) is 11.2. The lowest BCUT2D eigenvalue weighted by Gasteiger charge is -2.04. The summed E-state index contributed by atoms with van der Waals surface area (Å²) in [5.41, 5.74) is 1.54. The van der Waals surface area contributed by atoms with Crippen LogP contribution < -0.4 is 0 Å². The highest BCUT2D eigenvalue weighted by Crippen LogP contribution is 2.17. The summed E-state index contributed by atoms with van der Waals surface area (Å²) < 4.78 is 4.56. The van der Waals surface area contributed by atoms with Crippen LogP contribution in [0.25, 0.3) is 5.57 Å². The number of rotatable bonds is 3. The molecule has 0 aliphatic rings. The molecule has 0 radical (unpaired) electrons. The zero-order valence-corrected chi connectivity index (χ0v) is 8.43. The van der Waals surface area contributed by atoms with E-state index in [1.165, 1.54) is 13.2 Å². The smallest absolute Gasteiger partial charge is 0.310 e. The Hall–Kier alpha value is -2.08. The van der Waals surface area contributed by atoms with Gasteiger partial charge in [-0.1, -0.05) is 30.3 Å². The minimum atomic E-state index is -0.347. The summed E-state index contributed by atoms with van der Waals surface area (Å²) in [5, 5.41) is 8.61. The van der Waals surface area contributed by atoms with Crippen LogP contribution in [0.3, 0.4) is 0 Å². The fourth-order valence-electron chi connectivity index (χ4n) is 1.19. The van der Waals surface area contributed by atoms with Crippen LogP contribution in [-0.4, -0.2) is 13.1 Å². The molecule has 3 heteroatoms. The molecule has 0 amide bonds. The Balaban J connectivity index is 2.91. The zero-order chi connectivity index (χ0) is 11.1. The summed E-state index contributed by atoms with van der Waals surface area (Å²) in [5.74, 6) is -0.347. The number of nitriles is 1. The molecule has 0 fully saturated rings. The molecule has 0 saturated carbocycles. The van der Waals surface area contributed by atoms with Gasteiger partial charge < -0.3 is 4.74 Å². The van der Waals surface area contributed by atoms with Gasteiger partial charge in [-0.3, -0.25) is 4.79 Å². The summed E-state index contributed by atoms with van der Waals surface area (Å²) >= 11 is 0. The van der Waals surface area contributed by atoms with Gasteiger partial charge in [-0.2, -0.15) is 5.26 Å². The van der Waals surface area contributed by atoms with E-state index in [0.717, 1.165) is 5.56 Å². The van der Waals surface area contributed by atoms with Crippen LogP contribution in [0.15, 0.2) is 36.4 Å². The Morgan fingerprint density at radius 3 is 2.67 bits per heavy atom. The highest BCUT2D eigenvalue weighted by atomic mass is 16.5. The Kier molecular flexibility index (Phi) is 4.11. The lowest BCUT2D eigenvalue weighted by molar-refractivity contribution is -0.139. The third kappa shape index (κ3) is 3.28. The van der Waals surface area contributed by atoms with E-state index in [1.54, 1.807) is 0 Å². The first-order valence-corrected chi connectivity index (χ1v) is 4.49. The topological polar surface area (TPSA) is 50.1 Å². The first-order valence-electron chi connectivity index (χ1n) is 4.49. The van der Waals surface area contributed by atoms with E-state index >= 15 is 0 Å². The van der Waals surface area contributed by atoms with Gasteiger partial charge in [0.15, 0.2) is 0 Å². The van der Waals surface area contributed by atoms with E-state index in [2.05, 4.69) is 4.74 Å². The summed E-state index contributed by atoms with van der Waals surface area (Å²) in [4.78, 5) is 11.1. The standard InChI is InChI=1S/C12H11NO2/c1-15-12(14)9-11(7-8-13)10-5-3-2-4-6-10/h2-7H,9H2,1H3/b11-7+. The average Bonchev–Trinajstić information content (AvgIpc) is 2.29. The van der Waals surface area contributed by atoms with Crippen molar-refractivity contribution in [1.29, 1.82) is 5.26 Å². The first kappa shape index (κ1) is 11.0. The maximum Gasteiger partial charge on any atom is 0.310 e. The van der Waals surface area contributed by atoms with Crippen molar-refractivity contribution >= 4 is 11.5 Å². The molecular formula is C12H11NO2. The Bertz CT molecular complexity index is 401. The van der Waals surface area contributed by atoms with Crippen molar-refractivity contribution in [3.05, 3.63) is 42.0 Å². The van der Waals surface area contributed by atoms with E-state index in [-0.39, 0.29) is 12.4 Å². The molecule has 1 rings (SSSR count). The molecule has 0 heterocycles. The number of carbonyl (C=O) groups is 1. The van der Waals surface area contributed by atoms with Crippen molar-refractivity contribution < 1.29 is 9.53 Å². The predicted molar refractivity (Wildman–Crippen MR) is 56.7 cm³/mol. The van der Waals surface area contributed by atoms with Gasteiger partial charge in [-0.25, -0.2) is 0 Å². The lowest BCUT2D eigenvalue weighted by atomic mass is 10.0. The number of esters is 1. The van der Waals surface area contributed by atoms with Crippen LogP contribution in [0, 0.1) is 11.3 Å². The van der Waals surface area contributed by atoms with Gasteiger partial charge in [0.1, 0.15) is 0 Å². The molecule has 0 saturated heterocycles. The second kappa shape index (κ2) is 5.61. The number of hydrogen-bond donors (Lipinski definition) is 0. The lowest BCUT2D eigenvalue weighted by Crippen LogP contribution is -2.01. The van der Waals surface area contributed by atoms with Crippen LogP contribution in [0.2, 0.25) is 0 Å². The second-order valence-electron chi connectivity index (χ2n) is 2.92. The van der Waals surface area contributed by atoms with Gasteiger partial charge in [0.25, 0.3) is 0 Å². The SMILES string of the molecule is COC(=O)C/C(=C\C#N)c1ccccc1. The van der Waals surface area contributed by atoms with Crippen LogP contribution in [0.5, 0.6) is 0 Å². The Morgan fingerprint density at radius 2 is 2.13 bits per heavy atom. The van der Waals surface area contributed by atoms with Crippen molar-refractivity contribution in [3.63, 3.8) is 0 Å². The number of allylic oxidation sites excluding steroid dienone is 1. The van der Waals surface area contributed by atoms with E-state index in [4.69, 9.17) is 5.26 Å². The van der Waals surface area contributed by atoms with Crippen molar-refractivity contribution in [1.82, 2.24) is 0 Å². The molecule has 0 N–H and O–H groups in total. The van der Waals surface area contributed by atoms with Crippen LogP contribution >= 0.6 is 0 Å². The number of nitrogens with zero attached hydrogens (tertiary/aromatic N) is 1. The zero-order valence-electron chi connectivity index (χ0n) is 8.43. The number of hydrogen-bond acceptors (Lipinski definition) is 3. The Morgan fingerprint density at radius 1 is 1.47 bits per heavy atom. The normalized spacial score (nSPS) is 10.5. The average molecular weight is 201 g/mol. The van der Waals surface area contributed by atoms with Gasteiger partial charge in [0, 0.05) is 6.08 Å². The molecule has 76 valence electrons. The van der Waals surface area contributed by atoms with E-state index < -0.39 is 0 Å². The molecule has 15 heavy (non-hydrogen) atoms. The quantitative estimate of drug-likeness (QED) is 0.556. The van der Waals surface area contributed by atoms with E-state index in [0.29, 0.717) is 5.57 Å². The van der Waals surface area contributed by atoms with Crippen molar-refractivity contribution in [3.8, 4) is 6.07 Å². The van der Waals surface area contributed by atoms with Gasteiger partial charge in [0.05, 0.1) is 19.6 Å². The molecule has 1 aromatic carbocycles. The van der Waals surface area contributed by atoms with Crippen molar-refractivity contribution in [2.45, 2.75) is 6.42 Å². The van der Waals surface area contributed by atoms with Crippen LogP contribution in [0.4, 0.5) is 0 Å². The molecule has 0 atom stereocenters. The van der Waals surface area contributed by atoms with Gasteiger partial charge >= 0.3 is 5.97 Å². The molecular weight excluding hydrogens is 190 g/mol. The molecule has 0 unspecified atom stereocenters. The molecule has 0 bridgehead atoms. The molecule has 3 nitrogen and oxygen atoms in total. The summed E-state index contributed by atoms with van der Waals surface area (Å²) in [7, 11) is 1.33. The molecule has 0 spiro atoms.